The van der Waals surface area contributed by atoms with Gasteiger partial charge in [0, 0.05) is 35.6 Å². The summed E-state index contributed by atoms with van der Waals surface area (Å²) < 4.78 is 0. The number of H-pyrrole nitrogens is 2. The van der Waals surface area contributed by atoms with Crippen LogP contribution in [0.2, 0.25) is 0 Å². The molecular weight excluding hydrogens is 692 g/mol. The molecule has 0 radical (unpaired) electrons. The summed E-state index contributed by atoms with van der Waals surface area (Å²) in [5.74, 6) is -2.36. The van der Waals surface area contributed by atoms with Gasteiger partial charge in [0.25, 0.3) is 0 Å². The Hall–Kier alpha value is -7.36. The van der Waals surface area contributed by atoms with Crippen LogP contribution in [0, 0.1) is 0 Å². The zero-order valence-electron chi connectivity index (χ0n) is 28.8. The molecule has 8 rings (SSSR count). The molecule has 0 aliphatic carbocycles. The second-order valence-electron chi connectivity index (χ2n) is 11.1. The first-order valence-electron chi connectivity index (χ1n) is 15.4. The zero-order valence-corrected chi connectivity index (χ0v) is 28.8. The first-order chi connectivity index (χ1) is 24.1. The predicted octanol–water partition coefficient (Wildman–Crippen LogP) is 0.744. The summed E-state index contributed by atoms with van der Waals surface area (Å²) in [6, 6.07) is 44.0. The molecule has 0 atom stereocenters. The van der Waals surface area contributed by atoms with Crippen LogP contribution in [0.5, 0.6) is 0 Å². The molecule has 54 heavy (non-hydrogen) atoms. The Kier molecular flexibility index (Phi) is 16.9. The highest BCUT2D eigenvalue weighted by Crippen LogP contribution is 2.26. The molecule has 0 unspecified atom stereocenters. The second-order valence-corrected chi connectivity index (χ2v) is 11.1. The molecule has 2 aromatic heterocycles. The number of benzene rings is 6. The molecule has 14 nitrogen and oxygen atoms in total. The number of nitrogen functional groups attached to an aromatic ring is 4. The number of para-hydroxylation sites is 4. The molecule has 0 amide bonds. The number of carbonyl (C=O) groups is 2. The summed E-state index contributed by atoms with van der Waals surface area (Å²) in [7, 11) is 0. The van der Waals surface area contributed by atoms with Crippen LogP contribution in [0.1, 0.15) is 20.7 Å². The van der Waals surface area contributed by atoms with Gasteiger partial charge in [0.2, 0.25) is 22.1 Å². The van der Waals surface area contributed by atoms with E-state index in [4.69, 9.17) is 22.9 Å². The number of hydrogen-bond donors (Lipinski definition) is 4. The highest BCUT2D eigenvalue weighted by molar-refractivity contribution is 6.04. The minimum absolute atomic E-state index is 0. The van der Waals surface area contributed by atoms with E-state index in [9.17, 15) is 19.8 Å². The van der Waals surface area contributed by atoms with Gasteiger partial charge in [-0.25, -0.2) is 9.97 Å². The number of hydrogen-bond acceptors (Lipinski definition) is 8. The van der Waals surface area contributed by atoms with E-state index in [2.05, 4.69) is 9.97 Å². The molecule has 0 aliphatic rings. The maximum Gasteiger partial charge on any atom is 0.213 e. The number of fused-ring (bicyclic) bond motifs is 4. The van der Waals surface area contributed by atoms with E-state index in [-0.39, 0.29) is 33.0 Å². The number of carbonyl (C=O) groups excluding carboxylic acids is 2. The van der Waals surface area contributed by atoms with Crippen molar-refractivity contribution < 1.29 is 51.7 Å². The predicted molar refractivity (Wildman–Crippen MR) is 210 cm³/mol. The fraction of sp³-hybridized carbons (Fsp3) is 0. The summed E-state index contributed by atoms with van der Waals surface area (Å²) in [5.41, 5.74) is 30.3. The van der Waals surface area contributed by atoms with Crippen molar-refractivity contribution in [3.63, 3.8) is 0 Å². The standard InChI is InChI=1S/2C13H10N2.2C7H7NO2.4H2O/c2*14-13-9-5-1-3-7-11(9)15-12-8-4-2-6-10(12)13;2*8-6-3-1-5(2-4-6)7(9)10;;;;/h2*1-8H,(H2,14,15);2*1-4H,8H2,(H,9,10);4*1H2. The van der Waals surface area contributed by atoms with Crippen molar-refractivity contribution in [3.8, 4) is 0 Å². The molecule has 280 valence electrons. The van der Waals surface area contributed by atoms with E-state index in [0.29, 0.717) is 11.4 Å². The average Bonchev–Trinajstić information content (AvgIpc) is 3.13. The molecule has 0 aliphatic heterocycles. The van der Waals surface area contributed by atoms with Gasteiger partial charge < -0.3 is 64.6 Å². The Morgan fingerprint density at radius 1 is 0.370 bits per heavy atom. The SMILES string of the molecule is Nc1c2ccccc2[nH+]c2ccccc12.Nc1c2ccccc2[nH+]c2ccccc12.Nc1ccc(C(=O)[O-])cc1.Nc1ccc(C(=O)[O-])cc1.O.O.O.O. The number of nitrogens with one attached hydrogen (secondary N) is 2. The highest BCUT2D eigenvalue weighted by atomic mass is 16.4. The molecule has 0 saturated carbocycles. The van der Waals surface area contributed by atoms with Crippen molar-refractivity contribution in [2.24, 2.45) is 0 Å². The lowest BCUT2D eigenvalue weighted by Gasteiger charge is -2.00. The van der Waals surface area contributed by atoms with Crippen LogP contribution >= 0.6 is 0 Å². The number of pyridine rings is 2. The van der Waals surface area contributed by atoms with Crippen LogP contribution in [0.3, 0.4) is 0 Å². The summed E-state index contributed by atoms with van der Waals surface area (Å²) in [6.45, 7) is 0. The number of aromatic nitrogens is 2. The van der Waals surface area contributed by atoms with Crippen molar-refractivity contribution in [1.29, 1.82) is 0 Å². The van der Waals surface area contributed by atoms with Gasteiger partial charge in [-0.1, -0.05) is 72.8 Å². The first-order valence-corrected chi connectivity index (χ1v) is 15.4. The number of nitrogens with two attached hydrogens (primary N) is 4. The van der Waals surface area contributed by atoms with Crippen molar-refractivity contribution in [1.82, 2.24) is 0 Å². The zero-order chi connectivity index (χ0) is 35.6. The molecular formula is C40H42N6O8. The van der Waals surface area contributed by atoms with Crippen LogP contribution in [0.15, 0.2) is 146 Å². The lowest BCUT2D eigenvalue weighted by atomic mass is 10.1. The Bertz CT molecular complexity index is 2160. The first kappa shape index (κ1) is 44.7. The Morgan fingerprint density at radius 3 is 0.815 bits per heavy atom. The highest BCUT2D eigenvalue weighted by Gasteiger charge is 2.10. The number of rotatable bonds is 2. The van der Waals surface area contributed by atoms with Crippen LogP contribution in [0.4, 0.5) is 22.7 Å². The summed E-state index contributed by atoms with van der Waals surface area (Å²) >= 11 is 0. The maximum absolute atomic E-state index is 10.2. The molecule has 2 heterocycles. The third kappa shape index (κ3) is 10.8. The lowest BCUT2D eigenvalue weighted by Crippen LogP contribution is -2.21. The van der Waals surface area contributed by atoms with Gasteiger partial charge in [-0.2, -0.15) is 0 Å². The molecule has 6 aromatic carbocycles. The van der Waals surface area contributed by atoms with Crippen molar-refractivity contribution in [2.45, 2.75) is 0 Å². The van der Waals surface area contributed by atoms with Crippen LogP contribution in [-0.4, -0.2) is 33.8 Å². The Balaban J connectivity index is 0.000000358. The van der Waals surface area contributed by atoms with Crippen molar-refractivity contribution in [3.05, 3.63) is 157 Å². The van der Waals surface area contributed by atoms with E-state index in [0.717, 1.165) is 55.0 Å². The summed E-state index contributed by atoms with van der Waals surface area (Å²) in [5, 5.41) is 24.6. The topological polar surface area (TPSA) is 339 Å². The number of carboxylic acid groups (broad SMARTS) is 2. The van der Waals surface area contributed by atoms with E-state index in [1.54, 1.807) is 0 Å². The fourth-order valence-corrected chi connectivity index (χ4v) is 5.13. The Labute approximate surface area is 309 Å². The van der Waals surface area contributed by atoms with Gasteiger partial charge in [0.15, 0.2) is 0 Å². The van der Waals surface area contributed by atoms with E-state index in [1.165, 1.54) is 48.5 Å². The molecule has 18 N–H and O–H groups in total. The third-order valence-electron chi connectivity index (χ3n) is 7.70. The maximum atomic E-state index is 10.2. The molecule has 0 saturated heterocycles. The number of anilines is 4. The van der Waals surface area contributed by atoms with Crippen LogP contribution < -0.4 is 43.1 Å². The summed E-state index contributed by atoms with van der Waals surface area (Å²) in [4.78, 5) is 27.1. The number of aromatic carboxylic acids is 2. The average molecular weight is 735 g/mol. The second kappa shape index (κ2) is 20.5. The van der Waals surface area contributed by atoms with Crippen molar-refractivity contribution in [2.75, 3.05) is 22.9 Å². The molecule has 0 fully saturated rings. The van der Waals surface area contributed by atoms with Gasteiger partial charge in [0.05, 0.1) is 44.9 Å². The van der Waals surface area contributed by atoms with Gasteiger partial charge in [0.1, 0.15) is 0 Å². The molecule has 0 bridgehead atoms. The van der Waals surface area contributed by atoms with Gasteiger partial charge >= 0.3 is 0 Å². The monoisotopic (exact) mass is 734 g/mol. The minimum Gasteiger partial charge on any atom is -0.545 e. The summed E-state index contributed by atoms with van der Waals surface area (Å²) in [6.07, 6.45) is 0. The van der Waals surface area contributed by atoms with Gasteiger partial charge in [-0.3, -0.25) is 0 Å². The smallest absolute Gasteiger partial charge is 0.213 e. The number of aromatic amines is 2. The van der Waals surface area contributed by atoms with E-state index >= 15 is 0 Å². The fourth-order valence-electron chi connectivity index (χ4n) is 5.13. The van der Waals surface area contributed by atoms with Gasteiger partial charge in [-0.15, -0.1) is 0 Å². The minimum atomic E-state index is -1.18. The van der Waals surface area contributed by atoms with Crippen LogP contribution in [-0.2, 0) is 0 Å². The largest absolute Gasteiger partial charge is 0.545 e. The number of carboxylic acids is 2. The molecule has 8 aromatic rings. The normalized spacial score (nSPS) is 9.48. The third-order valence-corrected chi connectivity index (χ3v) is 7.70. The quantitative estimate of drug-likeness (QED) is 0.145. The van der Waals surface area contributed by atoms with Crippen LogP contribution in [0.25, 0.3) is 43.6 Å². The lowest BCUT2D eigenvalue weighted by molar-refractivity contribution is -0.310. The molecule has 0 spiro atoms. The van der Waals surface area contributed by atoms with Gasteiger partial charge in [-0.05, 0) is 59.7 Å². The molecule has 14 heteroatoms. The van der Waals surface area contributed by atoms with E-state index in [1.807, 2.05) is 97.1 Å². The van der Waals surface area contributed by atoms with Crippen molar-refractivity contribution >= 4 is 78.3 Å². The van der Waals surface area contributed by atoms with E-state index < -0.39 is 11.9 Å². The Morgan fingerprint density at radius 2 is 0.593 bits per heavy atom.